The van der Waals surface area contributed by atoms with E-state index in [2.05, 4.69) is 10.1 Å². The molecule has 4 aromatic rings. The Hall–Kier alpha value is -3.36. The number of halogens is 1. The van der Waals surface area contributed by atoms with Gasteiger partial charge in [-0.1, -0.05) is 54.6 Å². The molecule has 1 atom stereocenters. The predicted molar refractivity (Wildman–Crippen MR) is 127 cm³/mol. The van der Waals surface area contributed by atoms with Crippen LogP contribution in [0.5, 0.6) is 0 Å². The number of amides is 1. The third kappa shape index (κ3) is 3.65. The number of hydrogen-bond donors (Lipinski definition) is 1. The van der Waals surface area contributed by atoms with Crippen molar-refractivity contribution in [2.24, 2.45) is 0 Å². The van der Waals surface area contributed by atoms with E-state index in [1.807, 2.05) is 60.9 Å². The molecule has 0 aliphatic carbocycles. The Balaban J connectivity index is 1.76. The molecule has 2 aromatic heterocycles. The van der Waals surface area contributed by atoms with Gasteiger partial charge in [0.05, 0.1) is 11.3 Å². The summed E-state index contributed by atoms with van der Waals surface area (Å²) in [4.78, 5) is 30.8. The number of benzene rings is 2. The first-order valence-corrected chi connectivity index (χ1v) is 12.0. The maximum Gasteiger partial charge on any atom is 0.325 e. The third-order valence-corrected chi connectivity index (χ3v) is 6.32. The number of fused-ring (bicyclic) bond motifs is 3. The minimum atomic E-state index is -0.761. The molecule has 0 saturated heterocycles. The fourth-order valence-electron chi connectivity index (χ4n) is 4.05. The second-order valence-electron chi connectivity index (χ2n) is 7.48. The van der Waals surface area contributed by atoms with Crippen molar-refractivity contribution in [3.05, 3.63) is 81.8 Å². The Bertz CT molecular complexity index is 1430. The summed E-state index contributed by atoms with van der Waals surface area (Å²) < 4.78 is 7.83. The van der Waals surface area contributed by atoms with Crippen LogP contribution in [0, 0.1) is 0 Å². The quantitative estimate of drug-likeness (QED) is 0.340. The molecule has 1 aliphatic rings. The molecule has 5 rings (SSSR count). The van der Waals surface area contributed by atoms with Gasteiger partial charge in [0.15, 0.2) is 5.76 Å². The molecule has 1 aliphatic heterocycles. The number of nitrogens with zero attached hydrogens (tertiary/aromatic N) is 3. The van der Waals surface area contributed by atoms with Crippen LogP contribution in [-0.2, 0) is 4.79 Å². The first kappa shape index (κ1) is 21.5. The summed E-state index contributed by atoms with van der Waals surface area (Å²) in [7, 11) is 0. The van der Waals surface area contributed by atoms with Gasteiger partial charge in [0.2, 0.25) is 11.1 Å². The molecule has 0 radical (unpaired) electrons. The van der Waals surface area contributed by atoms with Crippen molar-refractivity contribution < 1.29 is 13.9 Å². The standard InChI is InChI=1S/C24H19ClN4O3S/c1-3-20(30)28-17-10-5-4-9-16(17)21-22(31)26-24(33-2)27-29(21)23(28)19-12-11-18(32-19)14-7-6-8-15(25)13-14/h4-13,23H,3H2,1-2H3/p+1/t23-/m0/s1. The highest BCUT2D eigenvalue weighted by atomic mass is 35.5. The zero-order valence-electron chi connectivity index (χ0n) is 17.9. The average molecular weight is 480 g/mol. The number of anilines is 1. The van der Waals surface area contributed by atoms with Crippen LogP contribution in [0.4, 0.5) is 5.69 Å². The molecule has 33 heavy (non-hydrogen) atoms. The number of rotatable bonds is 4. The maximum absolute atomic E-state index is 13.2. The van der Waals surface area contributed by atoms with Gasteiger partial charge in [-0.25, -0.2) is 4.90 Å². The normalized spacial score (nSPS) is 14.6. The minimum absolute atomic E-state index is 0.112. The molecule has 0 fully saturated rings. The Morgan fingerprint density at radius 1 is 1.21 bits per heavy atom. The lowest BCUT2D eigenvalue weighted by molar-refractivity contribution is -0.764. The fraction of sp³-hybridized carbons (Fsp3) is 0.167. The lowest BCUT2D eigenvalue weighted by Gasteiger charge is -2.30. The topological polar surface area (TPSA) is 83.1 Å². The van der Waals surface area contributed by atoms with Crippen molar-refractivity contribution in [2.45, 2.75) is 24.7 Å². The fourth-order valence-corrected chi connectivity index (χ4v) is 4.60. The summed E-state index contributed by atoms with van der Waals surface area (Å²) in [5.41, 5.74) is 2.18. The van der Waals surface area contributed by atoms with Crippen LogP contribution < -0.4 is 15.1 Å². The summed E-state index contributed by atoms with van der Waals surface area (Å²) in [6, 6.07) is 18.3. The van der Waals surface area contributed by atoms with E-state index in [1.54, 1.807) is 22.6 Å². The van der Waals surface area contributed by atoms with Gasteiger partial charge < -0.3 is 4.42 Å². The molecule has 0 spiro atoms. The van der Waals surface area contributed by atoms with E-state index in [9.17, 15) is 9.59 Å². The number of para-hydroxylation sites is 1. The summed E-state index contributed by atoms with van der Waals surface area (Å²) in [5.74, 6) is 0.976. The van der Waals surface area contributed by atoms with Gasteiger partial charge >= 0.3 is 17.4 Å². The van der Waals surface area contributed by atoms with E-state index in [-0.39, 0.29) is 17.9 Å². The number of thioether (sulfide) groups is 1. The molecular weight excluding hydrogens is 460 g/mol. The molecule has 1 N–H and O–H groups in total. The van der Waals surface area contributed by atoms with Crippen LogP contribution in [0.1, 0.15) is 25.3 Å². The zero-order chi connectivity index (χ0) is 23.1. The first-order valence-electron chi connectivity index (χ1n) is 10.4. The van der Waals surface area contributed by atoms with Crippen molar-refractivity contribution >= 4 is 35.0 Å². The van der Waals surface area contributed by atoms with E-state index < -0.39 is 6.17 Å². The molecule has 0 saturated carbocycles. The predicted octanol–water partition coefficient (Wildman–Crippen LogP) is 4.66. The van der Waals surface area contributed by atoms with Gasteiger partial charge in [0.25, 0.3) is 0 Å². The van der Waals surface area contributed by atoms with Crippen LogP contribution in [0.15, 0.2) is 75.0 Å². The molecule has 3 heterocycles. The monoisotopic (exact) mass is 479 g/mol. The van der Waals surface area contributed by atoms with E-state index in [4.69, 9.17) is 16.0 Å². The lowest BCUT2D eigenvalue weighted by Crippen LogP contribution is -2.60. The van der Waals surface area contributed by atoms with Crippen LogP contribution in [0.25, 0.3) is 22.6 Å². The van der Waals surface area contributed by atoms with Crippen LogP contribution >= 0.6 is 23.4 Å². The lowest BCUT2D eigenvalue weighted by atomic mass is 10.0. The Labute approximate surface area is 199 Å². The number of nitrogens with one attached hydrogen (secondary N) is 1. The highest BCUT2D eigenvalue weighted by Gasteiger charge is 2.47. The van der Waals surface area contributed by atoms with Crippen molar-refractivity contribution in [1.82, 2.24) is 10.1 Å². The number of furan rings is 1. The Morgan fingerprint density at radius 2 is 2.03 bits per heavy atom. The van der Waals surface area contributed by atoms with E-state index >= 15 is 0 Å². The van der Waals surface area contributed by atoms with Crippen LogP contribution in [0.2, 0.25) is 5.02 Å². The number of H-pyrrole nitrogens is 1. The van der Waals surface area contributed by atoms with Gasteiger partial charge in [-0.2, -0.15) is 0 Å². The summed E-state index contributed by atoms with van der Waals surface area (Å²) in [6.07, 6.45) is 1.35. The average Bonchev–Trinajstić information content (AvgIpc) is 3.32. The Morgan fingerprint density at radius 3 is 2.79 bits per heavy atom. The van der Waals surface area contributed by atoms with Crippen molar-refractivity contribution in [1.29, 1.82) is 0 Å². The van der Waals surface area contributed by atoms with Crippen LogP contribution in [-0.4, -0.2) is 22.2 Å². The van der Waals surface area contributed by atoms with Gasteiger partial charge in [0, 0.05) is 22.1 Å². The van der Waals surface area contributed by atoms with Gasteiger partial charge in [-0.15, -0.1) is 0 Å². The Kier molecular flexibility index (Phi) is 5.55. The number of carbonyl (C=O) groups excluding carboxylic acids is 1. The van der Waals surface area contributed by atoms with E-state index in [1.165, 1.54) is 11.8 Å². The molecule has 9 heteroatoms. The second kappa shape index (κ2) is 8.53. The van der Waals surface area contributed by atoms with Crippen molar-refractivity contribution in [3.8, 4) is 22.6 Å². The second-order valence-corrected chi connectivity index (χ2v) is 8.71. The number of carbonyl (C=O) groups is 1. The third-order valence-electron chi connectivity index (χ3n) is 5.51. The molecule has 0 unspecified atom stereocenters. The van der Waals surface area contributed by atoms with Crippen LogP contribution in [0.3, 0.4) is 0 Å². The number of aromatic amines is 1. The molecule has 1 amide bonds. The van der Waals surface area contributed by atoms with Gasteiger partial charge in [0.1, 0.15) is 5.76 Å². The van der Waals surface area contributed by atoms with E-state index in [0.29, 0.717) is 38.6 Å². The SMILES string of the molecule is CCC(=O)N1c2ccccc2-c2c(=O)[nH]c(SC)n[n+]2[C@H]1c1ccc(-c2cccc(Cl)c2)o1. The molecule has 166 valence electrons. The van der Waals surface area contributed by atoms with Crippen molar-refractivity contribution in [2.75, 3.05) is 11.2 Å². The van der Waals surface area contributed by atoms with Crippen molar-refractivity contribution in [3.63, 3.8) is 0 Å². The summed E-state index contributed by atoms with van der Waals surface area (Å²) in [5, 5.41) is 5.70. The highest BCUT2D eigenvalue weighted by Crippen LogP contribution is 2.39. The molecule has 7 nitrogen and oxygen atoms in total. The van der Waals surface area contributed by atoms with Gasteiger partial charge in [-0.3, -0.25) is 14.6 Å². The maximum atomic E-state index is 13.2. The first-order chi connectivity index (χ1) is 16.0. The zero-order valence-corrected chi connectivity index (χ0v) is 19.5. The van der Waals surface area contributed by atoms with Gasteiger partial charge in [-0.05, 0) is 47.3 Å². The number of hydrogen-bond acceptors (Lipinski definition) is 5. The number of aromatic nitrogens is 3. The summed E-state index contributed by atoms with van der Waals surface area (Å²) >= 11 is 7.48. The highest BCUT2D eigenvalue weighted by molar-refractivity contribution is 7.98. The summed E-state index contributed by atoms with van der Waals surface area (Å²) in [6.45, 7) is 1.81. The largest absolute Gasteiger partial charge is 0.452 e. The minimum Gasteiger partial charge on any atom is -0.452 e. The smallest absolute Gasteiger partial charge is 0.325 e. The molecule has 0 bridgehead atoms. The van der Waals surface area contributed by atoms with E-state index in [0.717, 1.165) is 5.56 Å². The molecular formula is C24H20ClN4O3S+. The molecule has 2 aromatic carbocycles.